The molecule has 1 atom stereocenters. The van der Waals surface area contributed by atoms with E-state index >= 15 is 0 Å². The van der Waals surface area contributed by atoms with Crippen LogP contribution in [0.25, 0.3) is 11.0 Å². The minimum Gasteiger partial charge on any atom is -0.360 e. The van der Waals surface area contributed by atoms with Gasteiger partial charge in [-0.05, 0) is 18.2 Å². The Morgan fingerprint density at radius 3 is 2.29 bits per heavy atom. The Kier molecular flexibility index (Phi) is 2.10. The standard InChI is InChI=1S/C12H11N3O2/c16-12(17)8-4-3-7-11(12)15-13-9-5-1-2-6-10(9)14-15/h1-8,11,16-17H. The number of aromatic nitrogens is 3. The van der Waals surface area contributed by atoms with Crippen molar-refractivity contribution < 1.29 is 10.2 Å². The molecule has 5 nitrogen and oxygen atoms in total. The third-order valence-corrected chi connectivity index (χ3v) is 2.73. The molecule has 3 rings (SSSR count). The summed E-state index contributed by atoms with van der Waals surface area (Å²) in [6, 6.07) is 6.68. The molecule has 1 aliphatic rings. The Balaban J connectivity index is 2.09. The summed E-state index contributed by atoms with van der Waals surface area (Å²) < 4.78 is 0. The summed E-state index contributed by atoms with van der Waals surface area (Å²) in [6.45, 7) is 0. The van der Waals surface area contributed by atoms with Crippen LogP contribution in [0.4, 0.5) is 0 Å². The van der Waals surface area contributed by atoms with E-state index < -0.39 is 11.8 Å². The van der Waals surface area contributed by atoms with Gasteiger partial charge in [0.25, 0.3) is 0 Å². The summed E-state index contributed by atoms with van der Waals surface area (Å²) >= 11 is 0. The highest BCUT2D eigenvalue weighted by molar-refractivity contribution is 5.73. The lowest BCUT2D eigenvalue weighted by Gasteiger charge is -2.26. The number of aliphatic hydroxyl groups is 2. The summed E-state index contributed by atoms with van der Waals surface area (Å²) in [6.07, 6.45) is 6.29. The van der Waals surface area contributed by atoms with Crippen LogP contribution >= 0.6 is 0 Å². The van der Waals surface area contributed by atoms with E-state index in [1.807, 2.05) is 24.3 Å². The average molecular weight is 229 g/mol. The summed E-state index contributed by atoms with van der Waals surface area (Å²) in [7, 11) is 0. The molecule has 0 spiro atoms. The van der Waals surface area contributed by atoms with Gasteiger partial charge in [-0.25, -0.2) is 0 Å². The van der Waals surface area contributed by atoms with E-state index in [0.29, 0.717) is 0 Å². The lowest BCUT2D eigenvalue weighted by molar-refractivity contribution is -0.147. The monoisotopic (exact) mass is 229 g/mol. The topological polar surface area (TPSA) is 71.2 Å². The van der Waals surface area contributed by atoms with Crippen LogP contribution in [0, 0.1) is 0 Å². The van der Waals surface area contributed by atoms with E-state index in [1.165, 1.54) is 10.9 Å². The van der Waals surface area contributed by atoms with Gasteiger partial charge >= 0.3 is 0 Å². The molecule has 2 N–H and O–H groups in total. The molecule has 1 unspecified atom stereocenters. The number of nitrogens with zero attached hydrogens (tertiary/aromatic N) is 3. The number of hydrogen-bond donors (Lipinski definition) is 2. The van der Waals surface area contributed by atoms with Crippen LogP contribution in [0.2, 0.25) is 0 Å². The SMILES string of the molecule is OC1(O)C=CC=CC1n1nc2ccccc2n1. The predicted octanol–water partition coefficient (Wildman–Crippen LogP) is 0.779. The molecule has 86 valence electrons. The highest BCUT2D eigenvalue weighted by Gasteiger charge is 2.34. The summed E-state index contributed by atoms with van der Waals surface area (Å²) in [4.78, 5) is 1.32. The van der Waals surface area contributed by atoms with Crippen molar-refractivity contribution in [2.24, 2.45) is 0 Å². The number of allylic oxidation sites excluding steroid dienone is 2. The van der Waals surface area contributed by atoms with E-state index in [2.05, 4.69) is 10.2 Å². The molecule has 0 fully saturated rings. The maximum absolute atomic E-state index is 9.83. The fourth-order valence-corrected chi connectivity index (χ4v) is 1.85. The number of rotatable bonds is 1. The maximum atomic E-state index is 9.83. The van der Waals surface area contributed by atoms with E-state index in [9.17, 15) is 10.2 Å². The highest BCUT2D eigenvalue weighted by atomic mass is 16.5. The van der Waals surface area contributed by atoms with Gasteiger partial charge in [0.1, 0.15) is 17.1 Å². The first kappa shape index (κ1) is 10.2. The summed E-state index contributed by atoms with van der Waals surface area (Å²) in [5.74, 6) is -1.95. The van der Waals surface area contributed by atoms with Gasteiger partial charge in [0.15, 0.2) is 0 Å². The second-order valence-electron chi connectivity index (χ2n) is 3.98. The predicted molar refractivity (Wildman–Crippen MR) is 62.0 cm³/mol. The minimum absolute atomic E-state index is 0.708. The van der Waals surface area contributed by atoms with E-state index in [4.69, 9.17) is 0 Å². The normalized spacial score (nSPS) is 22.1. The zero-order valence-electron chi connectivity index (χ0n) is 8.93. The van der Waals surface area contributed by atoms with Gasteiger partial charge < -0.3 is 10.2 Å². The van der Waals surface area contributed by atoms with E-state index in [0.717, 1.165) is 11.0 Å². The third-order valence-electron chi connectivity index (χ3n) is 2.73. The minimum atomic E-state index is -1.95. The smallest absolute Gasteiger partial charge is 0.211 e. The molecule has 17 heavy (non-hydrogen) atoms. The Labute approximate surface area is 97.3 Å². The van der Waals surface area contributed by atoms with Crippen molar-refractivity contribution in [3.8, 4) is 0 Å². The van der Waals surface area contributed by atoms with Crippen molar-refractivity contribution in [2.75, 3.05) is 0 Å². The van der Waals surface area contributed by atoms with Gasteiger partial charge in [0.2, 0.25) is 5.79 Å². The van der Waals surface area contributed by atoms with Gasteiger partial charge in [0.05, 0.1) is 0 Å². The Hall–Kier alpha value is -1.98. The van der Waals surface area contributed by atoms with Crippen molar-refractivity contribution in [3.05, 3.63) is 48.6 Å². The van der Waals surface area contributed by atoms with Crippen LogP contribution in [0.5, 0.6) is 0 Å². The lowest BCUT2D eigenvalue weighted by Crippen LogP contribution is -2.38. The molecule has 0 saturated heterocycles. The van der Waals surface area contributed by atoms with Crippen molar-refractivity contribution in [3.63, 3.8) is 0 Å². The van der Waals surface area contributed by atoms with E-state index in [-0.39, 0.29) is 0 Å². The zero-order valence-corrected chi connectivity index (χ0v) is 8.93. The van der Waals surface area contributed by atoms with Crippen molar-refractivity contribution in [2.45, 2.75) is 11.8 Å². The van der Waals surface area contributed by atoms with Gasteiger partial charge in [0, 0.05) is 0 Å². The third kappa shape index (κ3) is 1.65. The van der Waals surface area contributed by atoms with Gasteiger partial charge in [-0.3, -0.25) is 0 Å². The largest absolute Gasteiger partial charge is 0.360 e. The molecule has 0 bridgehead atoms. The van der Waals surface area contributed by atoms with E-state index in [1.54, 1.807) is 18.2 Å². The summed E-state index contributed by atoms with van der Waals surface area (Å²) in [5, 5.41) is 28.1. The molecule has 1 aliphatic carbocycles. The average Bonchev–Trinajstić information content (AvgIpc) is 2.71. The molecular weight excluding hydrogens is 218 g/mol. The molecule has 1 aromatic carbocycles. The molecule has 0 saturated carbocycles. The summed E-state index contributed by atoms with van der Waals surface area (Å²) in [5.41, 5.74) is 1.46. The van der Waals surface area contributed by atoms with Crippen LogP contribution in [0.3, 0.4) is 0 Å². The van der Waals surface area contributed by atoms with Crippen LogP contribution < -0.4 is 0 Å². The maximum Gasteiger partial charge on any atom is 0.211 e. The zero-order chi connectivity index (χ0) is 11.9. The van der Waals surface area contributed by atoms with Crippen LogP contribution in [-0.4, -0.2) is 31.0 Å². The second-order valence-corrected chi connectivity index (χ2v) is 3.98. The first-order valence-corrected chi connectivity index (χ1v) is 5.29. The molecule has 1 aromatic heterocycles. The van der Waals surface area contributed by atoms with Crippen LogP contribution in [0.1, 0.15) is 6.04 Å². The molecule has 1 heterocycles. The Morgan fingerprint density at radius 2 is 1.71 bits per heavy atom. The molecule has 0 aliphatic heterocycles. The molecular formula is C12H11N3O2. The molecule has 0 amide bonds. The number of fused-ring (bicyclic) bond motifs is 1. The molecule has 2 aromatic rings. The quantitative estimate of drug-likeness (QED) is 0.709. The highest BCUT2D eigenvalue weighted by Crippen LogP contribution is 2.26. The lowest BCUT2D eigenvalue weighted by atomic mass is 10.0. The van der Waals surface area contributed by atoms with Gasteiger partial charge in [-0.1, -0.05) is 30.4 Å². The second kappa shape index (κ2) is 3.51. The molecule has 5 heteroatoms. The first-order chi connectivity index (χ1) is 8.17. The van der Waals surface area contributed by atoms with Gasteiger partial charge in [-0.2, -0.15) is 15.0 Å². The van der Waals surface area contributed by atoms with Crippen molar-refractivity contribution >= 4 is 11.0 Å². The number of benzene rings is 1. The van der Waals surface area contributed by atoms with Crippen molar-refractivity contribution in [1.29, 1.82) is 0 Å². The van der Waals surface area contributed by atoms with Gasteiger partial charge in [-0.15, -0.1) is 0 Å². The number of hydrogen-bond acceptors (Lipinski definition) is 4. The fourth-order valence-electron chi connectivity index (χ4n) is 1.85. The van der Waals surface area contributed by atoms with Crippen LogP contribution in [-0.2, 0) is 0 Å². The fraction of sp³-hybridized carbons (Fsp3) is 0.167. The van der Waals surface area contributed by atoms with Crippen molar-refractivity contribution in [1.82, 2.24) is 15.0 Å². The first-order valence-electron chi connectivity index (χ1n) is 5.29. The Bertz CT molecular complexity index is 580. The Morgan fingerprint density at radius 1 is 1.06 bits per heavy atom. The molecule has 0 radical (unpaired) electrons. The van der Waals surface area contributed by atoms with Crippen LogP contribution in [0.15, 0.2) is 48.6 Å².